The Labute approximate surface area is 236 Å². The quantitative estimate of drug-likeness (QED) is 0.239. The van der Waals surface area contributed by atoms with Gasteiger partial charge in [0.15, 0.2) is 28.3 Å². The van der Waals surface area contributed by atoms with Gasteiger partial charge in [0.1, 0.15) is 5.75 Å². The third kappa shape index (κ3) is 6.22. The Kier molecular flexibility index (Phi) is 8.84. The summed E-state index contributed by atoms with van der Waals surface area (Å²) < 4.78 is 23.9. The predicted octanol–water partition coefficient (Wildman–Crippen LogP) is 5.33. The zero-order valence-corrected chi connectivity index (χ0v) is 23.6. The van der Waals surface area contributed by atoms with Gasteiger partial charge in [0.25, 0.3) is 0 Å². The van der Waals surface area contributed by atoms with Gasteiger partial charge < -0.3 is 24.1 Å². The van der Waals surface area contributed by atoms with Crippen molar-refractivity contribution < 1.29 is 23.5 Å². The van der Waals surface area contributed by atoms with Crippen LogP contribution in [-0.4, -0.2) is 52.1 Å². The van der Waals surface area contributed by atoms with E-state index in [-0.39, 0.29) is 12.3 Å². The molecule has 0 saturated heterocycles. The fourth-order valence-corrected chi connectivity index (χ4v) is 5.69. The zero-order chi connectivity index (χ0) is 27.9. The summed E-state index contributed by atoms with van der Waals surface area (Å²) in [7, 11) is 4.79. The van der Waals surface area contributed by atoms with Crippen molar-refractivity contribution in [3.8, 4) is 28.6 Å². The van der Waals surface area contributed by atoms with E-state index in [2.05, 4.69) is 30.2 Å². The zero-order valence-electron chi connectivity index (χ0n) is 22.8. The third-order valence-corrected chi connectivity index (χ3v) is 7.71. The maximum absolute atomic E-state index is 12.5. The fourth-order valence-electron chi connectivity index (χ4n) is 4.85. The van der Waals surface area contributed by atoms with E-state index in [0.29, 0.717) is 46.4 Å². The van der Waals surface area contributed by atoms with Crippen LogP contribution in [0.25, 0.3) is 11.4 Å². The maximum Gasteiger partial charge on any atom is 0.237 e. The highest BCUT2D eigenvalue weighted by Gasteiger charge is 2.25. The van der Waals surface area contributed by atoms with Crippen LogP contribution in [0.1, 0.15) is 49.9 Å². The molecule has 1 aliphatic rings. The highest BCUT2D eigenvalue weighted by molar-refractivity contribution is 7.98. The van der Waals surface area contributed by atoms with Crippen LogP contribution in [0.2, 0.25) is 0 Å². The summed E-state index contributed by atoms with van der Waals surface area (Å²) in [5.74, 6) is 3.52. The van der Waals surface area contributed by atoms with Gasteiger partial charge in [-0.3, -0.25) is 9.36 Å². The molecule has 1 fully saturated rings. The van der Waals surface area contributed by atoms with Gasteiger partial charge in [-0.1, -0.05) is 48.3 Å². The van der Waals surface area contributed by atoms with Crippen molar-refractivity contribution in [1.29, 1.82) is 0 Å². The number of thioether (sulfide) groups is 1. The van der Waals surface area contributed by atoms with E-state index in [1.54, 1.807) is 33.5 Å². The van der Waals surface area contributed by atoms with E-state index in [1.165, 1.54) is 31.0 Å². The molecule has 1 aliphatic carbocycles. The lowest BCUT2D eigenvalue weighted by molar-refractivity contribution is -0.115. The first kappa shape index (κ1) is 27.5. The van der Waals surface area contributed by atoms with Gasteiger partial charge in [0, 0.05) is 11.6 Å². The van der Waals surface area contributed by atoms with Crippen molar-refractivity contribution in [3.63, 3.8) is 0 Å². The number of benzene rings is 2. The largest absolute Gasteiger partial charge is 0.495 e. The second-order valence-electron chi connectivity index (χ2n) is 9.36. The topological polar surface area (TPSA) is 126 Å². The summed E-state index contributed by atoms with van der Waals surface area (Å²) in [6.45, 7) is 0. The van der Waals surface area contributed by atoms with Gasteiger partial charge in [0.2, 0.25) is 11.8 Å². The van der Waals surface area contributed by atoms with Crippen LogP contribution in [0, 0.1) is 0 Å². The molecule has 2 aromatic heterocycles. The Bertz CT molecular complexity index is 1450. The Hall–Kier alpha value is -4.06. The van der Waals surface area contributed by atoms with Gasteiger partial charge in [-0.25, -0.2) is 0 Å². The molecule has 2 heterocycles. The van der Waals surface area contributed by atoms with E-state index in [9.17, 15) is 4.79 Å². The first-order chi connectivity index (χ1) is 19.6. The van der Waals surface area contributed by atoms with Crippen molar-refractivity contribution >= 4 is 23.4 Å². The SMILES string of the molecule is COc1ccccc1NC(=O)Cc1noc(CSc2nnc(-c3ccc(OC)c(OC)c3)n2C2CCCCC2)n1. The van der Waals surface area contributed by atoms with Crippen molar-refractivity contribution in [2.45, 2.75) is 55.5 Å². The number of nitrogens with zero attached hydrogens (tertiary/aromatic N) is 5. The van der Waals surface area contributed by atoms with E-state index in [0.717, 1.165) is 29.4 Å². The summed E-state index contributed by atoms with van der Waals surface area (Å²) in [6, 6.07) is 13.3. The number of hydrogen-bond acceptors (Lipinski definition) is 10. The number of carbonyl (C=O) groups excluding carboxylic acids is 1. The number of amides is 1. The molecule has 210 valence electrons. The molecule has 12 heteroatoms. The van der Waals surface area contributed by atoms with Crippen LogP contribution in [0.3, 0.4) is 0 Å². The molecule has 1 amide bonds. The summed E-state index contributed by atoms with van der Waals surface area (Å²) in [6.07, 6.45) is 5.69. The van der Waals surface area contributed by atoms with Crippen LogP contribution in [-0.2, 0) is 17.0 Å². The minimum Gasteiger partial charge on any atom is -0.495 e. The number of ether oxygens (including phenoxy) is 3. The molecule has 0 unspecified atom stereocenters. The molecule has 40 heavy (non-hydrogen) atoms. The Balaban J connectivity index is 1.30. The fraction of sp³-hybridized carbons (Fsp3) is 0.393. The van der Waals surface area contributed by atoms with E-state index in [1.807, 2.05) is 30.3 Å². The minimum atomic E-state index is -0.263. The minimum absolute atomic E-state index is 0.0199. The standard InChI is InChI=1S/C28H32N6O5S/c1-36-21-12-8-7-11-20(21)29-25(35)16-24-30-26(39-33-24)17-40-28-32-31-27(34(28)19-9-5-4-6-10-19)18-13-14-22(37-2)23(15-18)38-3/h7-8,11-15,19H,4-6,9-10,16-17H2,1-3H3,(H,29,35). The molecule has 0 radical (unpaired) electrons. The van der Waals surface area contributed by atoms with Crippen LogP contribution in [0.4, 0.5) is 5.69 Å². The predicted molar refractivity (Wildman–Crippen MR) is 150 cm³/mol. The smallest absolute Gasteiger partial charge is 0.237 e. The van der Waals surface area contributed by atoms with Crippen molar-refractivity contribution in [1.82, 2.24) is 24.9 Å². The second kappa shape index (κ2) is 12.9. The van der Waals surface area contributed by atoms with Crippen LogP contribution in [0.15, 0.2) is 52.1 Å². The molecule has 0 spiro atoms. The lowest BCUT2D eigenvalue weighted by Crippen LogP contribution is -2.15. The number of anilines is 1. The molecule has 1 saturated carbocycles. The van der Waals surface area contributed by atoms with Gasteiger partial charge in [-0.15, -0.1) is 10.2 Å². The highest BCUT2D eigenvalue weighted by atomic mass is 32.2. The van der Waals surface area contributed by atoms with Crippen LogP contribution in [0.5, 0.6) is 17.2 Å². The van der Waals surface area contributed by atoms with Gasteiger partial charge in [0.05, 0.1) is 39.2 Å². The van der Waals surface area contributed by atoms with E-state index >= 15 is 0 Å². The number of para-hydroxylation sites is 2. The molecule has 1 N–H and O–H groups in total. The number of hydrogen-bond donors (Lipinski definition) is 1. The molecular formula is C28H32N6O5S. The van der Waals surface area contributed by atoms with Gasteiger partial charge in [-0.2, -0.15) is 4.98 Å². The number of methoxy groups -OCH3 is 3. The number of rotatable bonds is 11. The maximum atomic E-state index is 12.5. The molecule has 0 bridgehead atoms. The summed E-state index contributed by atoms with van der Waals surface area (Å²) >= 11 is 1.49. The molecule has 0 aliphatic heterocycles. The number of carbonyl (C=O) groups is 1. The highest BCUT2D eigenvalue weighted by Crippen LogP contribution is 2.38. The monoisotopic (exact) mass is 564 g/mol. The summed E-state index contributed by atoms with van der Waals surface area (Å²) in [5, 5.41) is 16.7. The summed E-state index contributed by atoms with van der Waals surface area (Å²) in [5.41, 5.74) is 1.49. The second-order valence-corrected chi connectivity index (χ2v) is 10.3. The number of aromatic nitrogens is 5. The Morgan fingerprint density at radius 3 is 2.55 bits per heavy atom. The molecular weight excluding hydrogens is 532 g/mol. The van der Waals surface area contributed by atoms with Crippen molar-refractivity contribution in [2.75, 3.05) is 26.6 Å². The van der Waals surface area contributed by atoms with E-state index in [4.69, 9.17) is 18.7 Å². The molecule has 11 nitrogen and oxygen atoms in total. The average molecular weight is 565 g/mol. The normalized spacial score (nSPS) is 13.7. The van der Waals surface area contributed by atoms with E-state index < -0.39 is 0 Å². The van der Waals surface area contributed by atoms with Crippen molar-refractivity contribution in [2.24, 2.45) is 0 Å². The third-order valence-electron chi connectivity index (χ3n) is 6.78. The molecule has 0 atom stereocenters. The number of nitrogens with one attached hydrogen (secondary N) is 1. The molecule has 5 rings (SSSR count). The summed E-state index contributed by atoms with van der Waals surface area (Å²) in [4.78, 5) is 17.0. The lowest BCUT2D eigenvalue weighted by Gasteiger charge is -2.25. The molecule has 2 aromatic carbocycles. The Morgan fingerprint density at radius 1 is 1.00 bits per heavy atom. The Morgan fingerprint density at radius 2 is 1.77 bits per heavy atom. The van der Waals surface area contributed by atoms with Crippen LogP contribution >= 0.6 is 11.8 Å². The first-order valence-electron chi connectivity index (χ1n) is 13.1. The van der Waals surface area contributed by atoms with Gasteiger partial charge >= 0.3 is 0 Å². The van der Waals surface area contributed by atoms with Gasteiger partial charge in [-0.05, 0) is 43.2 Å². The average Bonchev–Trinajstić information content (AvgIpc) is 3.63. The molecule has 4 aromatic rings. The van der Waals surface area contributed by atoms with Crippen LogP contribution < -0.4 is 19.5 Å². The lowest BCUT2D eigenvalue weighted by atomic mass is 9.95. The van der Waals surface area contributed by atoms with Crippen molar-refractivity contribution in [3.05, 3.63) is 54.2 Å². The first-order valence-corrected chi connectivity index (χ1v) is 14.1.